The van der Waals surface area contributed by atoms with Gasteiger partial charge in [-0.2, -0.15) is 0 Å². The Morgan fingerprint density at radius 1 is 0.352 bits per heavy atom. The van der Waals surface area contributed by atoms with Crippen LogP contribution in [0.15, 0.2) is 207 Å². The molecular weight excluding hydrogens is 1110 g/mol. The Hall–Kier alpha value is -5.41. The molecule has 0 amide bonds. The van der Waals surface area contributed by atoms with Crippen LogP contribution < -0.4 is 4.89 Å². The lowest BCUT2D eigenvalue weighted by molar-refractivity contribution is -0.870. The van der Waals surface area contributed by atoms with E-state index < -0.39 is 32.5 Å². The minimum Gasteiger partial charge on any atom is -0.756 e. The van der Waals surface area contributed by atoms with Crippen molar-refractivity contribution >= 4 is 19.8 Å². The number of ether oxygens (including phenoxy) is 2. The van der Waals surface area contributed by atoms with E-state index in [9.17, 15) is 19.0 Å². The Kier molecular flexibility index (Phi) is 62.0. The summed E-state index contributed by atoms with van der Waals surface area (Å²) in [6, 6.07) is 0. The van der Waals surface area contributed by atoms with E-state index in [1.165, 1.54) is 25.7 Å². The molecule has 9 nitrogen and oxygen atoms in total. The highest BCUT2D eigenvalue weighted by molar-refractivity contribution is 7.45. The summed E-state index contributed by atoms with van der Waals surface area (Å²) in [7, 11) is 1.10. The maximum Gasteiger partial charge on any atom is 0.306 e. The minimum absolute atomic E-state index is 0.0517. The number of hydrogen-bond donors (Lipinski definition) is 0. The Morgan fingerprint density at radius 3 is 0.920 bits per heavy atom. The molecule has 2 atom stereocenters. The zero-order chi connectivity index (χ0) is 64.1. The molecule has 0 aromatic carbocycles. The van der Waals surface area contributed by atoms with E-state index in [0.717, 1.165) is 154 Å². The Bertz CT molecular complexity index is 2240. The highest BCUT2D eigenvalue weighted by atomic mass is 31.2. The Morgan fingerprint density at radius 2 is 0.614 bits per heavy atom. The van der Waals surface area contributed by atoms with Crippen LogP contribution in [0, 0.1) is 0 Å². The van der Waals surface area contributed by atoms with Crippen LogP contribution >= 0.6 is 7.82 Å². The third kappa shape index (κ3) is 69.7. The van der Waals surface area contributed by atoms with E-state index in [2.05, 4.69) is 220 Å². The first-order valence-corrected chi connectivity index (χ1v) is 35.3. The first-order chi connectivity index (χ1) is 43.0. The van der Waals surface area contributed by atoms with E-state index in [1.807, 2.05) is 21.1 Å². The molecular formula is C78H122NO8P. The predicted octanol–water partition coefficient (Wildman–Crippen LogP) is 21.6. The second kappa shape index (κ2) is 66.0. The number of unbranched alkanes of at least 4 members (excludes halogenated alkanes) is 11. The number of rotatable bonds is 59. The molecule has 0 bridgehead atoms. The number of quaternary nitrogens is 1. The summed E-state index contributed by atoms with van der Waals surface area (Å²) in [5.41, 5.74) is 0. The number of esters is 2. The number of allylic oxidation sites excluding steroid dienone is 34. The molecule has 0 N–H and O–H groups in total. The van der Waals surface area contributed by atoms with Gasteiger partial charge in [0.15, 0.2) is 6.10 Å². The van der Waals surface area contributed by atoms with E-state index in [0.29, 0.717) is 23.9 Å². The third-order valence-electron chi connectivity index (χ3n) is 13.3. The quantitative estimate of drug-likeness (QED) is 0.0195. The molecule has 0 aromatic heterocycles. The fourth-order valence-corrected chi connectivity index (χ4v) is 8.92. The lowest BCUT2D eigenvalue weighted by atomic mass is 10.1. The van der Waals surface area contributed by atoms with Gasteiger partial charge in [-0.15, -0.1) is 0 Å². The maximum absolute atomic E-state index is 12.8. The molecule has 0 aliphatic heterocycles. The monoisotopic (exact) mass is 1230 g/mol. The summed E-state index contributed by atoms with van der Waals surface area (Å²) < 4.78 is 34.2. The second-order valence-electron chi connectivity index (χ2n) is 22.7. The number of hydrogen-bond acceptors (Lipinski definition) is 8. The largest absolute Gasteiger partial charge is 0.756 e. The van der Waals surface area contributed by atoms with Gasteiger partial charge < -0.3 is 27.9 Å². The second-order valence-corrected chi connectivity index (χ2v) is 24.1. The summed E-state index contributed by atoms with van der Waals surface area (Å²) in [6.07, 6.45) is 105. The highest BCUT2D eigenvalue weighted by Gasteiger charge is 2.22. The fraction of sp³-hybridized carbons (Fsp3) is 0.538. The van der Waals surface area contributed by atoms with Gasteiger partial charge in [-0.1, -0.05) is 265 Å². The van der Waals surface area contributed by atoms with Crippen LogP contribution in [0.3, 0.4) is 0 Å². The van der Waals surface area contributed by atoms with E-state index in [4.69, 9.17) is 18.5 Å². The average molecular weight is 1230 g/mol. The number of carbonyl (C=O) groups is 2. The van der Waals surface area contributed by atoms with Crippen molar-refractivity contribution in [2.45, 2.75) is 225 Å². The standard InChI is InChI=1S/C78H122NO8P/c1-6-8-10-12-14-16-18-20-22-24-26-28-30-32-34-36-38-39-41-42-44-46-48-50-52-54-56-58-60-62-64-66-68-70-77(80)84-74-76(75-86-88(82,83)85-73-72-79(3,4)5)87-78(81)71-69-67-65-63-61-59-57-55-53-51-49-47-45-43-40-37-35-33-31-29-27-25-23-21-19-17-15-13-11-9-7-2/h8-11,14-17,20-23,26-29,32-35,38-40,42-44,47-50,53,55,59,61,76H,6-7,12-13,18-19,24-25,30-31,36-37,41,45-46,51-52,54,56-58,60,62-75H2,1-5H3/b10-8-,11-9-,16-14-,17-15-,22-20-,23-21-,28-26-,29-27-,34-32-,35-33-,39-38-,43-40-,44-42-,49-47-,50-48-,55-53-,61-59-. The van der Waals surface area contributed by atoms with Crippen molar-refractivity contribution in [3.8, 4) is 0 Å². The van der Waals surface area contributed by atoms with Gasteiger partial charge in [0.2, 0.25) is 0 Å². The van der Waals surface area contributed by atoms with Crippen molar-refractivity contribution in [1.82, 2.24) is 0 Å². The molecule has 10 heteroatoms. The molecule has 0 spiro atoms. The number of phosphoric ester groups is 1. The number of carbonyl (C=O) groups excluding carboxylic acids is 2. The molecule has 492 valence electrons. The van der Waals surface area contributed by atoms with Crippen LogP contribution in [0.2, 0.25) is 0 Å². The smallest absolute Gasteiger partial charge is 0.306 e. The fourth-order valence-electron chi connectivity index (χ4n) is 8.19. The lowest BCUT2D eigenvalue weighted by Gasteiger charge is -2.28. The molecule has 0 rings (SSSR count). The first kappa shape index (κ1) is 82.6. The SMILES string of the molecule is CC/C=C\C/C=C\C/C=C\C/C=C\C/C=C\C/C=C\C/C=C\C/C=C\C/C=C\CCCCCC(=O)OC(COC(=O)CCCCCCCCCC/C=C\C/C=C\C/C=C\C/C=C\C/C=C\C/C=C\C/C=C\C/C=C\CC)COP(=O)([O-])OCC[N+](C)(C)C. The van der Waals surface area contributed by atoms with Crippen LogP contribution in [0.25, 0.3) is 0 Å². The highest BCUT2D eigenvalue weighted by Crippen LogP contribution is 2.38. The molecule has 88 heavy (non-hydrogen) atoms. The van der Waals surface area contributed by atoms with Crippen molar-refractivity contribution < 1.29 is 42.1 Å². The maximum atomic E-state index is 12.8. The van der Waals surface area contributed by atoms with Gasteiger partial charge in [-0.25, -0.2) is 0 Å². The third-order valence-corrected chi connectivity index (χ3v) is 14.3. The van der Waals surface area contributed by atoms with E-state index >= 15 is 0 Å². The molecule has 0 aliphatic carbocycles. The predicted molar refractivity (Wildman–Crippen MR) is 378 cm³/mol. The minimum atomic E-state index is -4.67. The number of nitrogens with zero attached hydrogens (tertiary/aromatic N) is 1. The van der Waals surface area contributed by atoms with Gasteiger partial charge in [0.05, 0.1) is 27.7 Å². The van der Waals surface area contributed by atoms with Crippen LogP contribution in [-0.2, 0) is 32.7 Å². The van der Waals surface area contributed by atoms with Gasteiger partial charge in [-0.3, -0.25) is 14.2 Å². The van der Waals surface area contributed by atoms with Crippen LogP contribution in [-0.4, -0.2) is 70.0 Å². The van der Waals surface area contributed by atoms with Crippen molar-refractivity contribution in [3.63, 3.8) is 0 Å². The molecule has 0 aromatic rings. The zero-order valence-corrected chi connectivity index (χ0v) is 56.7. The van der Waals surface area contributed by atoms with Gasteiger partial charge in [0.1, 0.15) is 19.8 Å². The Labute approximate surface area is 538 Å². The van der Waals surface area contributed by atoms with E-state index in [-0.39, 0.29) is 26.1 Å². The van der Waals surface area contributed by atoms with Crippen LogP contribution in [0.4, 0.5) is 0 Å². The van der Waals surface area contributed by atoms with Crippen molar-refractivity contribution in [1.29, 1.82) is 0 Å². The zero-order valence-electron chi connectivity index (χ0n) is 55.8. The van der Waals surface area contributed by atoms with E-state index in [1.54, 1.807) is 0 Å². The van der Waals surface area contributed by atoms with Crippen LogP contribution in [0.5, 0.6) is 0 Å². The van der Waals surface area contributed by atoms with Crippen molar-refractivity contribution in [3.05, 3.63) is 207 Å². The normalized spacial score (nSPS) is 14.5. The summed E-state index contributed by atoms with van der Waals surface area (Å²) in [5, 5.41) is 0. The molecule has 0 fully saturated rings. The lowest BCUT2D eigenvalue weighted by Crippen LogP contribution is -2.37. The molecule has 0 saturated carbocycles. The first-order valence-electron chi connectivity index (χ1n) is 33.8. The summed E-state index contributed by atoms with van der Waals surface area (Å²) in [5.74, 6) is -0.900. The van der Waals surface area contributed by atoms with Gasteiger partial charge >= 0.3 is 11.9 Å². The number of phosphoric acid groups is 1. The molecule has 0 aliphatic rings. The van der Waals surface area contributed by atoms with Crippen molar-refractivity contribution in [2.24, 2.45) is 0 Å². The number of likely N-dealkylation sites (N-methyl/N-ethyl adjacent to an activating group) is 1. The van der Waals surface area contributed by atoms with Gasteiger partial charge in [0, 0.05) is 12.8 Å². The molecule has 0 radical (unpaired) electrons. The summed E-state index contributed by atoms with van der Waals surface area (Å²) >= 11 is 0. The topological polar surface area (TPSA) is 111 Å². The molecule has 2 unspecified atom stereocenters. The van der Waals surface area contributed by atoms with Crippen LogP contribution in [0.1, 0.15) is 219 Å². The summed E-state index contributed by atoms with van der Waals surface area (Å²) in [4.78, 5) is 38.0. The van der Waals surface area contributed by atoms with Crippen molar-refractivity contribution in [2.75, 3.05) is 47.5 Å². The van der Waals surface area contributed by atoms with Gasteiger partial charge in [0.25, 0.3) is 7.82 Å². The average Bonchev–Trinajstić information content (AvgIpc) is 3.68. The molecule has 0 heterocycles. The van der Waals surface area contributed by atoms with Gasteiger partial charge in [-0.05, 0) is 148 Å². The summed E-state index contributed by atoms with van der Waals surface area (Å²) in [6.45, 7) is 3.93. The molecule has 0 saturated heterocycles. The Balaban J connectivity index is 4.26.